The summed E-state index contributed by atoms with van der Waals surface area (Å²) in [6.45, 7) is 3.51. The predicted molar refractivity (Wildman–Crippen MR) is 117 cm³/mol. The maximum absolute atomic E-state index is 13.1. The predicted octanol–water partition coefficient (Wildman–Crippen LogP) is 1.95. The van der Waals surface area contributed by atoms with E-state index in [2.05, 4.69) is 0 Å². The van der Waals surface area contributed by atoms with E-state index in [4.69, 9.17) is 0 Å². The van der Waals surface area contributed by atoms with Gasteiger partial charge in [-0.3, -0.25) is 18.7 Å². The number of benzene rings is 2. The summed E-state index contributed by atoms with van der Waals surface area (Å²) in [6.07, 6.45) is 0. The van der Waals surface area contributed by atoms with E-state index in [9.17, 15) is 18.8 Å². The number of rotatable bonds is 3. The van der Waals surface area contributed by atoms with Crippen molar-refractivity contribution >= 4 is 11.6 Å². The average molecular weight is 422 g/mol. The van der Waals surface area contributed by atoms with Crippen molar-refractivity contribution in [3.8, 4) is 5.69 Å². The van der Waals surface area contributed by atoms with Crippen LogP contribution in [0.1, 0.15) is 16.1 Å². The SMILES string of the molecule is Cc1c(N2CCN(C(=O)c3ccc(F)cc3)CC2)c(=O)n(C)c(=O)n1-c1ccccc1. The van der Waals surface area contributed by atoms with Crippen LogP contribution in [0.15, 0.2) is 64.2 Å². The molecule has 8 heteroatoms. The first-order valence-electron chi connectivity index (χ1n) is 10.1. The number of aromatic nitrogens is 2. The van der Waals surface area contributed by atoms with Crippen molar-refractivity contribution in [3.05, 3.63) is 92.5 Å². The summed E-state index contributed by atoms with van der Waals surface area (Å²) < 4.78 is 15.8. The molecule has 0 radical (unpaired) electrons. The molecule has 160 valence electrons. The minimum atomic E-state index is -0.400. The number of anilines is 1. The molecule has 0 N–H and O–H groups in total. The van der Waals surface area contributed by atoms with Gasteiger partial charge in [-0.1, -0.05) is 18.2 Å². The zero-order chi connectivity index (χ0) is 22.1. The lowest BCUT2D eigenvalue weighted by molar-refractivity contribution is 0.0746. The fourth-order valence-corrected chi connectivity index (χ4v) is 3.95. The molecule has 4 rings (SSSR count). The molecule has 1 aromatic heterocycles. The number of para-hydroxylation sites is 1. The first kappa shape index (κ1) is 20.6. The van der Waals surface area contributed by atoms with Crippen molar-refractivity contribution < 1.29 is 9.18 Å². The summed E-state index contributed by atoms with van der Waals surface area (Å²) >= 11 is 0. The Labute approximate surface area is 178 Å². The Morgan fingerprint density at radius 2 is 1.52 bits per heavy atom. The van der Waals surface area contributed by atoms with Crippen LogP contribution < -0.4 is 16.1 Å². The zero-order valence-corrected chi connectivity index (χ0v) is 17.4. The molecular formula is C23H23FN4O3. The molecule has 0 saturated carbocycles. The lowest BCUT2D eigenvalue weighted by atomic mass is 10.1. The Morgan fingerprint density at radius 3 is 2.13 bits per heavy atom. The highest BCUT2D eigenvalue weighted by molar-refractivity contribution is 5.94. The van der Waals surface area contributed by atoms with Gasteiger partial charge in [0.25, 0.3) is 11.5 Å². The van der Waals surface area contributed by atoms with Crippen molar-refractivity contribution in [2.45, 2.75) is 6.92 Å². The summed E-state index contributed by atoms with van der Waals surface area (Å²) in [5.74, 6) is -0.556. The van der Waals surface area contributed by atoms with Gasteiger partial charge in [-0.2, -0.15) is 0 Å². The Kier molecular flexibility index (Phi) is 5.46. The summed E-state index contributed by atoms with van der Waals surface area (Å²) in [6, 6.07) is 14.7. The third kappa shape index (κ3) is 3.76. The highest BCUT2D eigenvalue weighted by atomic mass is 19.1. The molecule has 2 heterocycles. The minimum absolute atomic E-state index is 0.168. The van der Waals surface area contributed by atoms with Gasteiger partial charge in [0.2, 0.25) is 0 Å². The van der Waals surface area contributed by atoms with Crippen LogP contribution in [-0.2, 0) is 7.05 Å². The van der Waals surface area contributed by atoms with E-state index < -0.39 is 5.69 Å². The topological polar surface area (TPSA) is 67.6 Å². The van der Waals surface area contributed by atoms with Crippen molar-refractivity contribution in [1.29, 1.82) is 0 Å². The van der Waals surface area contributed by atoms with E-state index in [1.165, 1.54) is 35.9 Å². The van der Waals surface area contributed by atoms with Crippen LogP contribution in [0.4, 0.5) is 10.1 Å². The van der Waals surface area contributed by atoms with E-state index in [-0.39, 0.29) is 17.3 Å². The number of carbonyl (C=O) groups excluding carboxylic acids is 1. The molecule has 3 aromatic rings. The molecule has 0 atom stereocenters. The molecule has 0 aliphatic carbocycles. The first-order chi connectivity index (χ1) is 14.9. The van der Waals surface area contributed by atoms with Crippen molar-refractivity contribution in [1.82, 2.24) is 14.0 Å². The monoisotopic (exact) mass is 422 g/mol. The largest absolute Gasteiger partial charge is 0.362 e. The van der Waals surface area contributed by atoms with Gasteiger partial charge in [0.05, 0.1) is 11.4 Å². The van der Waals surface area contributed by atoms with Crippen LogP contribution in [-0.4, -0.2) is 46.1 Å². The van der Waals surface area contributed by atoms with Gasteiger partial charge in [0, 0.05) is 38.8 Å². The standard InChI is InChI=1S/C23H23FN4O3/c1-16-20(22(30)25(2)23(31)28(16)19-6-4-3-5-7-19)26-12-14-27(15-13-26)21(29)17-8-10-18(24)11-9-17/h3-11H,12-15H2,1-2H3. The summed E-state index contributed by atoms with van der Waals surface area (Å²) in [5, 5.41) is 0. The third-order valence-corrected chi connectivity index (χ3v) is 5.65. The first-order valence-corrected chi connectivity index (χ1v) is 10.1. The molecule has 1 aliphatic rings. The smallest absolute Gasteiger partial charge is 0.335 e. The average Bonchev–Trinajstić information content (AvgIpc) is 2.79. The van der Waals surface area contributed by atoms with Crippen LogP contribution in [0.3, 0.4) is 0 Å². The van der Waals surface area contributed by atoms with Gasteiger partial charge in [-0.15, -0.1) is 0 Å². The van der Waals surface area contributed by atoms with Gasteiger partial charge in [0.15, 0.2) is 0 Å². The molecule has 0 unspecified atom stereocenters. The number of piperazine rings is 1. The molecule has 0 spiro atoms. The molecule has 2 aromatic carbocycles. The van der Waals surface area contributed by atoms with Gasteiger partial charge < -0.3 is 9.80 Å². The lowest BCUT2D eigenvalue weighted by Gasteiger charge is -2.36. The quantitative estimate of drug-likeness (QED) is 0.647. The van der Waals surface area contributed by atoms with Crippen LogP contribution in [0, 0.1) is 12.7 Å². The van der Waals surface area contributed by atoms with E-state index >= 15 is 0 Å². The van der Waals surface area contributed by atoms with E-state index in [1.54, 1.807) is 11.8 Å². The normalized spacial score (nSPS) is 14.0. The highest BCUT2D eigenvalue weighted by Crippen LogP contribution is 2.19. The summed E-state index contributed by atoms with van der Waals surface area (Å²) in [7, 11) is 1.47. The number of carbonyl (C=O) groups is 1. The Bertz CT molecular complexity index is 1220. The summed E-state index contributed by atoms with van der Waals surface area (Å²) in [4.78, 5) is 42.1. The lowest BCUT2D eigenvalue weighted by Crippen LogP contribution is -2.52. The number of amides is 1. The van der Waals surface area contributed by atoms with Crippen molar-refractivity contribution in [2.75, 3.05) is 31.1 Å². The number of hydrogen-bond donors (Lipinski definition) is 0. The molecule has 0 bridgehead atoms. The number of hydrogen-bond acceptors (Lipinski definition) is 4. The molecular weight excluding hydrogens is 399 g/mol. The second kappa shape index (κ2) is 8.22. The van der Waals surface area contributed by atoms with Gasteiger partial charge in [-0.25, -0.2) is 9.18 Å². The Balaban J connectivity index is 1.62. The molecule has 1 saturated heterocycles. The van der Waals surface area contributed by atoms with Crippen molar-refractivity contribution in [2.24, 2.45) is 7.05 Å². The van der Waals surface area contributed by atoms with Gasteiger partial charge in [0.1, 0.15) is 11.5 Å². The Hall–Kier alpha value is -3.68. The van der Waals surface area contributed by atoms with Crippen molar-refractivity contribution in [3.63, 3.8) is 0 Å². The maximum Gasteiger partial charge on any atom is 0.335 e. The van der Waals surface area contributed by atoms with Gasteiger partial charge >= 0.3 is 5.69 Å². The number of halogens is 1. The molecule has 7 nitrogen and oxygen atoms in total. The fourth-order valence-electron chi connectivity index (χ4n) is 3.95. The highest BCUT2D eigenvalue weighted by Gasteiger charge is 2.26. The van der Waals surface area contributed by atoms with Crippen LogP contribution in [0.5, 0.6) is 0 Å². The van der Waals surface area contributed by atoms with E-state index in [0.717, 1.165) is 4.57 Å². The molecule has 1 aliphatic heterocycles. The second-order valence-corrected chi connectivity index (χ2v) is 7.54. The van der Waals surface area contributed by atoms with E-state index in [1.807, 2.05) is 35.2 Å². The third-order valence-electron chi connectivity index (χ3n) is 5.65. The van der Waals surface area contributed by atoms with Crippen LogP contribution in [0.25, 0.3) is 5.69 Å². The van der Waals surface area contributed by atoms with Crippen LogP contribution >= 0.6 is 0 Å². The fraction of sp³-hybridized carbons (Fsp3) is 0.261. The maximum atomic E-state index is 13.1. The number of nitrogens with zero attached hydrogens (tertiary/aromatic N) is 4. The Morgan fingerprint density at radius 1 is 0.903 bits per heavy atom. The van der Waals surface area contributed by atoms with Crippen LogP contribution in [0.2, 0.25) is 0 Å². The van der Waals surface area contributed by atoms with E-state index in [0.29, 0.717) is 48.8 Å². The molecule has 1 fully saturated rings. The molecule has 31 heavy (non-hydrogen) atoms. The zero-order valence-electron chi connectivity index (χ0n) is 17.4. The van der Waals surface area contributed by atoms with Gasteiger partial charge in [-0.05, 0) is 43.3 Å². The second-order valence-electron chi connectivity index (χ2n) is 7.54. The molecule has 1 amide bonds. The summed E-state index contributed by atoms with van der Waals surface area (Å²) in [5.41, 5.74) is 1.39. The minimum Gasteiger partial charge on any atom is -0.362 e.